The summed E-state index contributed by atoms with van der Waals surface area (Å²) in [7, 11) is -3.44. The van der Waals surface area contributed by atoms with Crippen LogP contribution in [0.5, 0.6) is 0 Å². The highest BCUT2D eigenvalue weighted by molar-refractivity contribution is 7.90. The van der Waals surface area contributed by atoms with Gasteiger partial charge in [0.25, 0.3) is 11.8 Å². The molecule has 0 atom stereocenters. The number of fused-ring (bicyclic) bond motifs is 1. The Morgan fingerprint density at radius 2 is 1.66 bits per heavy atom. The van der Waals surface area contributed by atoms with Crippen molar-refractivity contribution in [2.24, 2.45) is 0 Å². The molecular weight excluding hydrogens is 452 g/mol. The molecule has 0 saturated heterocycles. The van der Waals surface area contributed by atoms with Crippen LogP contribution in [0.3, 0.4) is 0 Å². The number of benzene rings is 3. The van der Waals surface area contributed by atoms with Crippen molar-refractivity contribution in [1.82, 2.24) is 0 Å². The van der Waals surface area contributed by atoms with Crippen molar-refractivity contribution in [2.45, 2.75) is 4.90 Å². The highest BCUT2D eigenvalue weighted by Gasteiger charge is 2.15. The van der Waals surface area contributed by atoms with E-state index >= 15 is 0 Å². The van der Waals surface area contributed by atoms with Crippen molar-refractivity contribution in [3.05, 3.63) is 89.1 Å². The van der Waals surface area contributed by atoms with E-state index in [4.69, 9.17) is 16.0 Å². The molecule has 0 saturated carbocycles. The highest BCUT2D eigenvalue weighted by Crippen LogP contribution is 2.27. The minimum absolute atomic E-state index is 0.0416. The first kappa shape index (κ1) is 21.6. The molecule has 0 aliphatic heterocycles. The molecule has 0 unspecified atom stereocenters. The number of carbonyl (C=O) groups excluding carboxylic acids is 2. The molecule has 0 bridgehead atoms. The van der Waals surface area contributed by atoms with Gasteiger partial charge in [0.05, 0.1) is 15.6 Å². The summed E-state index contributed by atoms with van der Waals surface area (Å²) in [6, 6.07) is 19.2. The normalized spacial score (nSPS) is 11.3. The molecule has 1 aromatic heterocycles. The number of halogens is 1. The van der Waals surface area contributed by atoms with Gasteiger partial charge < -0.3 is 15.1 Å². The second-order valence-corrected chi connectivity index (χ2v) is 9.47. The summed E-state index contributed by atoms with van der Waals surface area (Å²) in [5.41, 5.74) is 1.50. The number of sulfone groups is 1. The molecule has 3 aromatic carbocycles. The molecular formula is C23H17ClN2O5S. The van der Waals surface area contributed by atoms with Crippen LogP contribution >= 0.6 is 11.6 Å². The fraction of sp³-hybridized carbons (Fsp3) is 0.0435. The van der Waals surface area contributed by atoms with Gasteiger partial charge in [-0.2, -0.15) is 0 Å². The Bertz CT molecular complexity index is 1430. The molecule has 9 heteroatoms. The number of amides is 2. The van der Waals surface area contributed by atoms with Gasteiger partial charge in [-0.15, -0.1) is 0 Å². The zero-order valence-corrected chi connectivity index (χ0v) is 18.3. The molecule has 0 aliphatic rings. The number of anilines is 2. The third-order valence-corrected chi connectivity index (χ3v) is 6.07. The molecule has 4 aromatic rings. The first-order valence-corrected chi connectivity index (χ1v) is 11.7. The molecule has 0 aliphatic carbocycles. The smallest absolute Gasteiger partial charge is 0.291 e. The quantitative estimate of drug-likeness (QED) is 0.429. The Kier molecular flexibility index (Phi) is 5.73. The van der Waals surface area contributed by atoms with Gasteiger partial charge in [0.15, 0.2) is 15.6 Å². The molecule has 0 radical (unpaired) electrons. The van der Waals surface area contributed by atoms with E-state index in [9.17, 15) is 18.0 Å². The molecule has 162 valence electrons. The largest absolute Gasteiger partial charge is 0.451 e. The van der Waals surface area contributed by atoms with Gasteiger partial charge in [-0.25, -0.2) is 8.42 Å². The first-order valence-electron chi connectivity index (χ1n) is 9.42. The van der Waals surface area contributed by atoms with E-state index in [1.807, 2.05) is 18.2 Å². The van der Waals surface area contributed by atoms with Crippen LogP contribution in [0.4, 0.5) is 11.4 Å². The standard InChI is InChI=1S/C23H17ClN2O5S/c1-32(29,30)17-7-4-6-15(11-17)22(27)26-19-10-9-16(13-18(19)24)25-23(28)21-12-14-5-2-3-8-20(14)31-21/h2-13H,1H3,(H,25,28)(H,26,27). The number of carbonyl (C=O) groups is 2. The maximum atomic E-state index is 12.5. The summed E-state index contributed by atoms with van der Waals surface area (Å²) in [6.45, 7) is 0. The zero-order valence-electron chi connectivity index (χ0n) is 16.8. The molecule has 2 amide bonds. The first-order chi connectivity index (χ1) is 15.2. The molecule has 0 fully saturated rings. The van der Waals surface area contributed by atoms with E-state index < -0.39 is 21.7 Å². The number of para-hydroxylation sites is 1. The Hall–Kier alpha value is -3.62. The molecule has 0 spiro atoms. The molecule has 4 rings (SSSR count). The molecule has 7 nitrogen and oxygen atoms in total. The predicted molar refractivity (Wildman–Crippen MR) is 123 cm³/mol. The van der Waals surface area contributed by atoms with Crippen molar-refractivity contribution < 1.29 is 22.4 Å². The van der Waals surface area contributed by atoms with Gasteiger partial charge in [0.1, 0.15) is 5.58 Å². The average molecular weight is 469 g/mol. The van der Waals surface area contributed by atoms with Crippen molar-refractivity contribution in [3.63, 3.8) is 0 Å². The van der Waals surface area contributed by atoms with Gasteiger partial charge in [-0.3, -0.25) is 9.59 Å². The third-order valence-electron chi connectivity index (χ3n) is 4.65. The van der Waals surface area contributed by atoms with Crippen LogP contribution in [-0.2, 0) is 9.84 Å². The average Bonchev–Trinajstić information content (AvgIpc) is 3.19. The maximum absolute atomic E-state index is 12.5. The van der Waals surface area contributed by atoms with E-state index in [-0.39, 0.29) is 21.2 Å². The van der Waals surface area contributed by atoms with Gasteiger partial charge in [0, 0.05) is 22.9 Å². The van der Waals surface area contributed by atoms with Crippen molar-refractivity contribution >= 4 is 55.6 Å². The summed E-state index contributed by atoms with van der Waals surface area (Å²) in [6.07, 6.45) is 1.07. The highest BCUT2D eigenvalue weighted by atomic mass is 35.5. The van der Waals surface area contributed by atoms with Gasteiger partial charge in [-0.1, -0.05) is 35.9 Å². The Morgan fingerprint density at radius 3 is 2.38 bits per heavy atom. The second kappa shape index (κ2) is 8.49. The molecule has 2 N–H and O–H groups in total. The van der Waals surface area contributed by atoms with Crippen LogP contribution in [0, 0.1) is 0 Å². The van der Waals surface area contributed by atoms with Crippen LogP contribution in [0.15, 0.2) is 82.1 Å². The lowest BCUT2D eigenvalue weighted by molar-refractivity contribution is 0.0996. The third kappa shape index (κ3) is 4.66. The van der Waals surface area contributed by atoms with E-state index in [0.29, 0.717) is 17.0 Å². The maximum Gasteiger partial charge on any atom is 0.291 e. The summed E-state index contributed by atoms with van der Waals surface area (Å²) >= 11 is 6.27. The Labute approximate surface area is 188 Å². The van der Waals surface area contributed by atoms with Crippen LogP contribution in [-0.4, -0.2) is 26.5 Å². The lowest BCUT2D eigenvalue weighted by Gasteiger charge is -2.10. The number of hydrogen-bond donors (Lipinski definition) is 2. The number of nitrogens with one attached hydrogen (secondary N) is 2. The lowest BCUT2D eigenvalue weighted by atomic mass is 10.2. The number of rotatable bonds is 5. The molecule has 32 heavy (non-hydrogen) atoms. The number of hydrogen-bond acceptors (Lipinski definition) is 5. The van der Waals surface area contributed by atoms with Crippen molar-refractivity contribution in [3.8, 4) is 0 Å². The van der Waals surface area contributed by atoms with E-state index in [0.717, 1.165) is 11.6 Å². The van der Waals surface area contributed by atoms with Crippen LogP contribution < -0.4 is 10.6 Å². The zero-order chi connectivity index (χ0) is 22.9. The lowest BCUT2D eigenvalue weighted by Crippen LogP contribution is -2.14. The topological polar surface area (TPSA) is 105 Å². The monoisotopic (exact) mass is 468 g/mol. The SMILES string of the molecule is CS(=O)(=O)c1cccc(C(=O)Nc2ccc(NC(=O)c3cc4ccccc4o3)cc2Cl)c1. The van der Waals surface area contributed by atoms with Crippen LogP contribution in [0.2, 0.25) is 5.02 Å². The predicted octanol–water partition coefficient (Wildman–Crippen LogP) is 4.99. The van der Waals surface area contributed by atoms with Crippen molar-refractivity contribution in [2.75, 3.05) is 16.9 Å². The number of furan rings is 1. The summed E-state index contributed by atoms with van der Waals surface area (Å²) < 4.78 is 29.0. The van der Waals surface area contributed by atoms with Crippen LogP contribution in [0.1, 0.15) is 20.9 Å². The van der Waals surface area contributed by atoms with Crippen molar-refractivity contribution in [1.29, 1.82) is 0 Å². The minimum atomic E-state index is -3.44. The van der Waals surface area contributed by atoms with Crippen LogP contribution in [0.25, 0.3) is 11.0 Å². The van der Waals surface area contributed by atoms with E-state index in [2.05, 4.69) is 10.6 Å². The fourth-order valence-electron chi connectivity index (χ4n) is 3.04. The van der Waals surface area contributed by atoms with E-state index in [1.54, 1.807) is 18.2 Å². The van der Waals surface area contributed by atoms with Gasteiger partial charge in [-0.05, 0) is 48.5 Å². The van der Waals surface area contributed by atoms with E-state index in [1.165, 1.54) is 36.4 Å². The Balaban J connectivity index is 1.48. The summed E-state index contributed by atoms with van der Waals surface area (Å²) in [5, 5.41) is 6.35. The molecule has 1 heterocycles. The van der Waals surface area contributed by atoms with Gasteiger partial charge >= 0.3 is 0 Å². The Morgan fingerprint density at radius 1 is 0.875 bits per heavy atom. The van der Waals surface area contributed by atoms with Gasteiger partial charge in [0.2, 0.25) is 0 Å². The summed E-state index contributed by atoms with van der Waals surface area (Å²) in [4.78, 5) is 25.1. The fourth-order valence-corrected chi connectivity index (χ4v) is 3.94. The minimum Gasteiger partial charge on any atom is -0.451 e. The second-order valence-electron chi connectivity index (χ2n) is 7.05. The summed E-state index contributed by atoms with van der Waals surface area (Å²) in [5.74, 6) is -0.798.